The summed E-state index contributed by atoms with van der Waals surface area (Å²) in [5.74, 6) is 0.684. The fourth-order valence-corrected chi connectivity index (χ4v) is 2.62. The lowest BCUT2D eigenvalue weighted by Crippen LogP contribution is -2.14. The molecule has 2 aromatic rings. The van der Waals surface area contributed by atoms with E-state index < -0.39 is 0 Å². The molecular formula is C13H20N6. The molecule has 3 rings (SSSR count). The standard InChI is InChI=1S/C13H20N6/c1-10-5-11(2)19(16-10)9-13-8-18(17-15-13)7-12-3-4-14-6-12/h5,8,12,14H,3-4,6-7,9H2,1-2H3. The lowest BCUT2D eigenvalue weighted by Gasteiger charge is -2.06. The summed E-state index contributed by atoms with van der Waals surface area (Å²) >= 11 is 0. The molecule has 2 aromatic heterocycles. The van der Waals surface area contributed by atoms with Crippen LogP contribution in [-0.4, -0.2) is 37.9 Å². The number of aromatic nitrogens is 5. The van der Waals surface area contributed by atoms with Gasteiger partial charge in [-0.2, -0.15) is 5.10 Å². The van der Waals surface area contributed by atoms with Gasteiger partial charge in [0.05, 0.1) is 18.4 Å². The van der Waals surface area contributed by atoms with Crippen LogP contribution in [0.15, 0.2) is 12.3 Å². The quantitative estimate of drug-likeness (QED) is 0.881. The summed E-state index contributed by atoms with van der Waals surface area (Å²) in [6.07, 6.45) is 3.27. The van der Waals surface area contributed by atoms with E-state index in [4.69, 9.17) is 0 Å². The van der Waals surface area contributed by atoms with Crippen LogP contribution in [-0.2, 0) is 13.1 Å². The second-order valence-electron chi connectivity index (χ2n) is 5.38. The molecule has 1 aliphatic rings. The summed E-state index contributed by atoms with van der Waals surface area (Å²) in [6.45, 7) is 7.94. The molecule has 0 radical (unpaired) electrons. The fraction of sp³-hybridized carbons (Fsp3) is 0.615. The van der Waals surface area contributed by atoms with Crippen molar-refractivity contribution in [1.29, 1.82) is 0 Å². The molecule has 3 heterocycles. The van der Waals surface area contributed by atoms with Crippen LogP contribution in [0.2, 0.25) is 0 Å². The van der Waals surface area contributed by atoms with Gasteiger partial charge in [-0.3, -0.25) is 9.36 Å². The van der Waals surface area contributed by atoms with Crippen molar-refractivity contribution in [3.63, 3.8) is 0 Å². The van der Waals surface area contributed by atoms with Gasteiger partial charge in [0.2, 0.25) is 0 Å². The fourth-order valence-electron chi connectivity index (χ4n) is 2.62. The summed E-state index contributed by atoms with van der Waals surface area (Å²) in [6, 6.07) is 2.08. The Balaban J connectivity index is 1.65. The molecule has 19 heavy (non-hydrogen) atoms. The smallest absolute Gasteiger partial charge is 0.104 e. The predicted molar refractivity (Wildman–Crippen MR) is 71.8 cm³/mol. The summed E-state index contributed by atoms with van der Waals surface area (Å²) in [4.78, 5) is 0. The predicted octanol–water partition coefficient (Wildman–Crippen LogP) is 0.749. The molecule has 0 aromatic carbocycles. The first kappa shape index (κ1) is 12.3. The second-order valence-corrected chi connectivity index (χ2v) is 5.38. The van der Waals surface area contributed by atoms with Gasteiger partial charge >= 0.3 is 0 Å². The minimum Gasteiger partial charge on any atom is -0.316 e. The van der Waals surface area contributed by atoms with E-state index in [2.05, 4.69) is 33.7 Å². The highest BCUT2D eigenvalue weighted by Crippen LogP contribution is 2.10. The molecule has 1 N–H and O–H groups in total. The Hall–Kier alpha value is -1.69. The molecule has 1 atom stereocenters. The molecule has 0 bridgehead atoms. The largest absolute Gasteiger partial charge is 0.316 e. The van der Waals surface area contributed by atoms with Crippen LogP contribution in [0.5, 0.6) is 0 Å². The van der Waals surface area contributed by atoms with E-state index in [0.717, 1.165) is 36.7 Å². The Labute approximate surface area is 112 Å². The normalized spacial score (nSPS) is 19.2. The summed E-state index contributed by atoms with van der Waals surface area (Å²) in [7, 11) is 0. The maximum atomic E-state index is 4.45. The Kier molecular flexibility index (Phi) is 3.33. The molecule has 102 valence electrons. The van der Waals surface area contributed by atoms with Gasteiger partial charge < -0.3 is 5.32 Å². The van der Waals surface area contributed by atoms with Crippen molar-refractivity contribution < 1.29 is 0 Å². The average Bonchev–Trinajstić information content (AvgIpc) is 3.05. The van der Waals surface area contributed by atoms with Gasteiger partial charge in [0.15, 0.2) is 0 Å². The van der Waals surface area contributed by atoms with Crippen molar-refractivity contribution in [2.24, 2.45) is 5.92 Å². The number of hydrogen-bond acceptors (Lipinski definition) is 4. The van der Waals surface area contributed by atoms with Gasteiger partial charge in [-0.05, 0) is 45.3 Å². The SMILES string of the molecule is Cc1cc(C)n(Cc2cn(CC3CCNC3)nn2)n1. The molecular weight excluding hydrogens is 240 g/mol. The number of nitrogens with zero attached hydrogens (tertiary/aromatic N) is 5. The number of aryl methyl sites for hydroxylation is 2. The van der Waals surface area contributed by atoms with Crippen molar-refractivity contribution in [3.8, 4) is 0 Å². The van der Waals surface area contributed by atoms with E-state index in [0.29, 0.717) is 12.5 Å². The zero-order valence-electron chi connectivity index (χ0n) is 11.5. The van der Waals surface area contributed by atoms with Gasteiger partial charge in [0.1, 0.15) is 5.69 Å². The van der Waals surface area contributed by atoms with Crippen LogP contribution >= 0.6 is 0 Å². The van der Waals surface area contributed by atoms with Crippen LogP contribution in [0.1, 0.15) is 23.5 Å². The summed E-state index contributed by atoms with van der Waals surface area (Å²) < 4.78 is 3.93. The zero-order valence-corrected chi connectivity index (χ0v) is 11.5. The van der Waals surface area contributed by atoms with E-state index in [1.807, 2.05) is 22.5 Å². The third kappa shape index (κ3) is 2.84. The minimum absolute atomic E-state index is 0.684. The molecule has 1 unspecified atom stereocenters. The van der Waals surface area contributed by atoms with Crippen molar-refractivity contribution in [3.05, 3.63) is 29.3 Å². The van der Waals surface area contributed by atoms with E-state index in [1.54, 1.807) is 0 Å². The summed E-state index contributed by atoms with van der Waals surface area (Å²) in [5, 5.41) is 16.3. The lowest BCUT2D eigenvalue weighted by atomic mass is 10.1. The molecule has 6 nitrogen and oxygen atoms in total. The molecule has 6 heteroatoms. The molecule has 1 fully saturated rings. The van der Waals surface area contributed by atoms with Crippen molar-refractivity contribution in [1.82, 2.24) is 30.1 Å². The molecule has 0 saturated carbocycles. The zero-order chi connectivity index (χ0) is 13.2. The van der Waals surface area contributed by atoms with Crippen LogP contribution in [0.3, 0.4) is 0 Å². The average molecular weight is 260 g/mol. The Morgan fingerprint density at radius 2 is 2.32 bits per heavy atom. The van der Waals surface area contributed by atoms with Crippen LogP contribution in [0.25, 0.3) is 0 Å². The first-order valence-electron chi connectivity index (χ1n) is 6.81. The number of nitrogens with one attached hydrogen (secondary N) is 1. The molecule has 1 aliphatic heterocycles. The lowest BCUT2D eigenvalue weighted by molar-refractivity contribution is 0.441. The van der Waals surface area contributed by atoms with Crippen molar-refractivity contribution in [2.45, 2.75) is 33.4 Å². The highest BCUT2D eigenvalue weighted by Gasteiger charge is 2.15. The van der Waals surface area contributed by atoms with Crippen LogP contribution in [0, 0.1) is 19.8 Å². The topological polar surface area (TPSA) is 60.6 Å². The maximum absolute atomic E-state index is 4.45. The maximum Gasteiger partial charge on any atom is 0.104 e. The van der Waals surface area contributed by atoms with Crippen LogP contribution < -0.4 is 5.32 Å². The monoisotopic (exact) mass is 260 g/mol. The van der Waals surface area contributed by atoms with Crippen molar-refractivity contribution in [2.75, 3.05) is 13.1 Å². The molecule has 1 saturated heterocycles. The highest BCUT2D eigenvalue weighted by molar-refractivity contribution is 5.08. The number of rotatable bonds is 4. The van der Waals surface area contributed by atoms with Crippen LogP contribution in [0.4, 0.5) is 0 Å². The Morgan fingerprint density at radius 3 is 3.00 bits per heavy atom. The Bertz CT molecular complexity index is 549. The Morgan fingerprint density at radius 1 is 1.42 bits per heavy atom. The van der Waals surface area contributed by atoms with Gasteiger partial charge in [0, 0.05) is 12.2 Å². The third-order valence-electron chi connectivity index (χ3n) is 3.61. The highest BCUT2D eigenvalue weighted by atomic mass is 15.4. The van der Waals surface area contributed by atoms with E-state index >= 15 is 0 Å². The molecule has 0 amide bonds. The van der Waals surface area contributed by atoms with Gasteiger partial charge in [0.25, 0.3) is 0 Å². The van der Waals surface area contributed by atoms with Crippen molar-refractivity contribution >= 4 is 0 Å². The molecule has 0 spiro atoms. The van der Waals surface area contributed by atoms with Gasteiger partial charge in [-0.25, -0.2) is 0 Å². The van der Waals surface area contributed by atoms with E-state index in [1.165, 1.54) is 6.42 Å². The number of hydrogen-bond donors (Lipinski definition) is 1. The molecule has 0 aliphatic carbocycles. The second kappa shape index (κ2) is 5.13. The first-order valence-corrected chi connectivity index (χ1v) is 6.81. The van der Waals surface area contributed by atoms with E-state index in [-0.39, 0.29) is 0 Å². The first-order chi connectivity index (χ1) is 9.20. The third-order valence-corrected chi connectivity index (χ3v) is 3.61. The summed E-state index contributed by atoms with van der Waals surface area (Å²) in [5.41, 5.74) is 3.17. The van der Waals surface area contributed by atoms with Gasteiger partial charge in [-0.1, -0.05) is 5.21 Å². The van der Waals surface area contributed by atoms with Gasteiger partial charge in [-0.15, -0.1) is 5.10 Å². The van der Waals surface area contributed by atoms with E-state index in [9.17, 15) is 0 Å². The minimum atomic E-state index is 0.684.